The first kappa shape index (κ1) is 10.2. The number of allylic oxidation sites excluding steroid dienone is 4. The van der Waals surface area contributed by atoms with Crippen LogP contribution in [0.1, 0.15) is 19.3 Å². The van der Waals surface area contributed by atoms with E-state index >= 15 is 0 Å². The first-order valence-corrected chi connectivity index (χ1v) is 7.02. The van der Waals surface area contributed by atoms with Gasteiger partial charge in [-0.05, 0) is 31.1 Å². The molecule has 0 radical (unpaired) electrons. The van der Waals surface area contributed by atoms with Crippen molar-refractivity contribution >= 4 is 17.4 Å². The van der Waals surface area contributed by atoms with Gasteiger partial charge in [-0.2, -0.15) is 0 Å². The summed E-state index contributed by atoms with van der Waals surface area (Å²) in [7, 11) is 0. The Bertz CT molecular complexity index is 447. The number of hydrogen-bond acceptors (Lipinski definition) is 2. The molecule has 1 heterocycles. The average molecular weight is 250 g/mol. The fourth-order valence-corrected chi connectivity index (χ4v) is 4.65. The minimum atomic E-state index is 0.174. The van der Waals surface area contributed by atoms with Gasteiger partial charge in [0, 0.05) is 30.6 Å². The van der Waals surface area contributed by atoms with Gasteiger partial charge in [0.2, 0.25) is 0 Å². The Morgan fingerprint density at radius 3 is 2.47 bits per heavy atom. The van der Waals surface area contributed by atoms with Crippen LogP contribution in [0.4, 0.5) is 0 Å². The highest BCUT2D eigenvalue weighted by Crippen LogP contribution is 2.57. The number of Topliss-reactive ketones (excluding diaryl/α,β-unsaturated/α-hetero) is 1. The highest BCUT2D eigenvalue weighted by Gasteiger charge is 2.56. The van der Waals surface area contributed by atoms with Gasteiger partial charge in [-0.25, -0.2) is 0 Å². The topological polar surface area (TPSA) is 20.3 Å². The fraction of sp³-hybridized carbons (Fsp3) is 0.643. The number of rotatable bonds is 1. The minimum Gasteiger partial charge on any atom is -0.373 e. The molecule has 4 atom stereocenters. The quantitative estimate of drug-likeness (QED) is 0.666. The molecule has 0 N–H and O–H groups in total. The molecule has 90 valence electrons. The van der Waals surface area contributed by atoms with Crippen LogP contribution in [0.15, 0.2) is 22.9 Å². The summed E-state index contributed by atoms with van der Waals surface area (Å²) in [6.45, 7) is 2.17. The molecular weight excluding hydrogens is 234 g/mol. The van der Waals surface area contributed by atoms with Crippen molar-refractivity contribution in [2.24, 2.45) is 23.7 Å². The molecule has 1 aliphatic heterocycles. The number of fused-ring (bicyclic) bond motifs is 5. The van der Waals surface area contributed by atoms with E-state index in [0.717, 1.165) is 13.1 Å². The summed E-state index contributed by atoms with van der Waals surface area (Å²) in [5.41, 5.74) is 1.19. The van der Waals surface area contributed by atoms with Crippen LogP contribution in [0.25, 0.3) is 0 Å². The van der Waals surface area contributed by atoms with Crippen molar-refractivity contribution in [3.8, 4) is 0 Å². The summed E-state index contributed by atoms with van der Waals surface area (Å²) >= 11 is 6.33. The maximum atomic E-state index is 12.3. The van der Waals surface area contributed by atoms with Gasteiger partial charge >= 0.3 is 0 Å². The summed E-state index contributed by atoms with van der Waals surface area (Å²) < 4.78 is 0. The lowest BCUT2D eigenvalue weighted by Crippen LogP contribution is -2.28. The molecule has 2 nitrogen and oxygen atoms in total. The van der Waals surface area contributed by atoms with E-state index in [4.69, 9.17) is 11.6 Å². The molecule has 0 amide bonds. The van der Waals surface area contributed by atoms with Crippen LogP contribution in [-0.2, 0) is 4.79 Å². The van der Waals surface area contributed by atoms with Crippen molar-refractivity contribution in [3.05, 3.63) is 22.9 Å². The van der Waals surface area contributed by atoms with Crippen LogP contribution in [-0.4, -0.2) is 23.8 Å². The van der Waals surface area contributed by atoms with E-state index in [1.165, 1.54) is 25.0 Å². The molecule has 0 spiro atoms. The third-order valence-electron chi connectivity index (χ3n) is 4.97. The number of hydrogen-bond donors (Lipinski definition) is 0. The summed E-state index contributed by atoms with van der Waals surface area (Å²) in [6.07, 6.45) is 8.19. The van der Waals surface area contributed by atoms with Gasteiger partial charge in [0.1, 0.15) is 5.03 Å². The maximum Gasteiger partial charge on any atom is 0.180 e. The number of carbonyl (C=O) groups is 1. The molecular formula is C14H16ClNO. The van der Waals surface area contributed by atoms with E-state index in [9.17, 15) is 4.79 Å². The normalized spacial score (nSPS) is 43.1. The molecule has 1 saturated carbocycles. The Kier molecular flexibility index (Phi) is 2.03. The zero-order valence-corrected chi connectivity index (χ0v) is 10.5. The third-order valence-corrected chi connectivity index (χ3v) is 5.35. The molecule has 1 saturated heterocycles. The first-order chi connectivity index (χ1) is 8.27. The lowest BCUT2D eigenvalue weighted by atomic mass is 9.83. The SMILES string of the molecule is O=C1C(Cl)=C(N2CCCC2)[C@@H]2[C@H]1[C@@H]1C=C[C@H]2C1. The molecule has 0 aromatic rings. The summed E-state index contributed by atoms with van der Waals surface area (Å²) in [5, 5.41) is 0.556. The van der Waals surface area contributed by atoms with E-state index in [1.54, 1.807) is 0 Å². The van der Waals surface area contributed by atoms with Crippen molar-refractivity contribution in [1.29, 1.82) is 0 Å². The van der Waals surface area contributed by atoms with Crippen LogP contribution >= 0.6 is 11.6 Å². The number of carbonyl (C=O) groups excluding carboxylic acids is 1. The van der Waals surface area contributed by atoms with Gasteiger partial charge < -0.3 is 4.90 Å². The molecule has 2 fully saturated rings. The van der Waals surface area contributed by atoms with E-state index < -0.39 is 0 Å². The standard InChI is InChI=1S/C14H16ClNO/c15-12-13(16-5-1-2-6-16)10-8-3-4-9(7-8)11(10)14(12)17/h3-4,8-11H,1-2,5-7H2/t8-,9+,10-,11+/m0/s1. The monoisotopic (exact) mass is 249 g/mol. The van der Waals surface area contributed by atoms with Crippen molar-refractivity contribution in [2.45, 2.75) is 19.3 Å². The predicted molar refractivity (Wildman–Crippen MR) is 66.4 cm³/mol. The first-order valence-electron chi connectivity index (χ1n) is 6.64. The Labute approximate surface area is 106 Å². The number of nitrogens with zero attached hydrogens (tertiary/aromatic N) is 1. The smallest absolute Gasteiger partial charge is 0.180 e. The van der Waals surface area contributed by atoms with Gasteiger partial charge in [-0.1, -0.05) is 23.8 Å². The van der Waals surface area contributed by atoms with Gasteiger partial charge in [0.15, 0.2) is 5.78 Å². The lowest BCUT2D eigenvalue weighted by Gasteiger charge is -2.28. The number of ketones is 1. The zero-order valence-electron chi connectivity index (χ0n) is 9.73. The molecule has 0 aromatic heterocycles. The molecule has 0 aromatic carbocycles. The second-order valence-corrected chi connectivity index (χ2v) is 6.14. The highest BCUT2D eigenvalue weighted by atomic mass is 35.5. The zero-order chi connectivity index (χ0) is 11.6. The van der Waals surface area contributed by atoms with Crippen molar-refractivity contribution in [2.75, 3.05) is 13.1 Å². The van der Waals surface area contributed by atoms with Gasteiger partial charge in [0.05, 0.1) is 0 Å². The Balaban J connectivity index is 1.77. The Morgan fingerprint density at radius 1 is 1.12 bits per heavy atom. The third kappa shape index (κ3) is 1.20. The average Bonchev–Trinajstić information content (AvgIpc) is 3.04. The molecule has 4 aliphatic rings. The molecule has 3 aliphatic carbocycles. The van der Waals surface area contributed by atoms with Crippen LogP contribution in [0.3, 0.4) is 0 Å². The maximum absolute atomic E-state index is 12.3. The van der Waals surface area contributed by atoms with Crippen molar-refractivity contribution < 1.29 is 4.79 Å². The molecule has 0 unspecified atom stereocenters. The van der Waals surface area contributed by atoms with Gasteiger partial charge in [-0.15, -0.1) is 0 Å². The predicted octanol–water partition coefficient (Wildman–Crippen LogP) is 2.55. The van der Waals surface area contributed by atoms with Crippen molar-refractivity contribution in [3.63, 3.8) is 0 Å². The largest absolute Gasteiger partial charge is 0.373 e. The van der Waals surface area contributed by atoms with Crippen LogP contribution < -0.4 is 0 Å². The highest BCUT2D eigenvalue weighted by molar-refractivity contribution is 6.44. The van der Waals surface area contributed by atoms with Crippen molar-refractivity contribution in [1.82, 2.24) is 4.90 Å². The lowest BCUT2D eigenvalue weighted by molar-refractivity contribution is -0.119. The number of likely N-dealkylation sites (tertiary alicyclic amines) is 1. The summed E-state index contributed by atoms with van der Waals surface area (Å²) in [6, 6.07) is 0. The molecule has 2 bridgehead atoms. The Morgan fingerprint density at radius 2 is 1.76 bits per heavy atom. The van der Waals surface area contributed by atoms with Gasteiger partial charge in [-0.3, -0.25) is 4.79 Å². The van der Waals surface area contributed by atoms with Crippen LogP contribution in [0, 0.1) is 23.7 Å². The number of halogens is 1. The van der Waals surface area contributed by atoms with Crippen LogP contribution in [0.2, 0.25) is 0 Å². The second-order valence-electron chi connectivity index (χ2n) is 5.76. The molecule has 17 heavy (non-hydrogen) atoms. The van der Waals surface area contributed by atoms with Crippen LogP contribution in [0.5, 0.6) is 0 Å². The molecule has 4 rings (SSSR count). The summed E-state index contributed by atoms with van der Waals surface area (Å²) in [5.74, 6) is 1.83. The van der Waals surface area contributed by atoms with Gasteiger partial charge in [0.25, 0.3) is 0 Å². The minimum absolute atomic E-state index is 0.174. The summed E-state index contributed by atoms with van der Waals surface area (Å²) in [4.78, 5) is 14.7. The fourth-order valence-electron chi connectivity index (χ4n) is 4.28. The van der Waals surface area contributed by atoms with E-state index in [-0.39, 0.29) is 11.7 Å². The van der Waals surface area contributed by atoms with E-state index in [2.05, 4.69) is 17.1 Å². The van der Waals surface area contributed by atoms with E-state index in [0.29, 0.717) is 22.8 Å². The Hall–Kier alpha value is -0.760. The molecule has 3 heteroatoms. The van der Waals surface area contributed by atoms with E-state index in [1.807, 2.05) is 0 Å². The second kappa shape index (κ2) is 3.38.